The number of amides is 2. The van der Waals surface area contributed by atoms with Gasteiger partial charge in [0.1, 0.15) is 5.82 Å². The minimum atomic E-state index is -0.244. The standard InChI is InChI=1S/C14H19FN2O/c1-2-9-16-14(18)17(12-7-8-12)10-11-5-3-4-6-13(11)15/h3-6,12H,2,7-10H2,1H3,(H,16,18). The molecule has 0 aliphatic heterocycles. The zero-order chi connectivity index (χ0) is 13.0. The van der Waals surface area contributed by atoms with Gasteiger partial charge in [0, 0.05) is 18.2 Å². The van der Waals surface area contributed by atoms with Crippen molar-refractivity contribution < 1.29 is 9.18 Å². The molecule has 3 nitrogen and oxygen atoms in total. The number of rotatable bonds is 5. The van der Waals surface area contributed by atoms with E-state index < -0.39 is 0 Å². The fourth-order valence-electron chi connectivity index (χ4n) is 1.90. The molecule has 1 aromatic carbocycles. The lowest BCUT2D eigenvalue weighted by molar-refractivity contribution is 0.191. The van der Waals surface area contributed by atoms with Gasteiger partial charge in [0.25, 0.3) is 0 Å². The van der Waals surface area contributed by atoms with Gasteiger partial charge in [0.2, 0.25) is 0 Å². The number of nitrogens with one attached hydrogen (secondary N) is 1. The van der Waals surface area contributed by atoms with E-state index in [-0.39, 0.29) is 17.9 Å². The van der Waals surface area contributed by atoms with Crippen LogP contribution in [0.4, 0.5) is 9.18 Å². The number of hydrogen-bond donors (Lipinski definition) is 1. The van der Waals surface area contributed by atoms with Crippen LogP contribution in [-0.2, 0) is 6.54 Å². The maximum absolute atomic E-state index is 13.6. The SMILES string of the molecule is CCCNC(=O)N(Cc1ccccc1F)C1CC1. The molecule has 0 heterocycles. The second-order valence-corrected chi connectivity index (χ2v) is 4.68. The number of halogens is 1. The Morgan fingerprint density at radius 2 is 2.17 bits per heavy atom. The molecule has 1 fully saturated rings. The van der Waals surface area contributed by atoms with Crippen molar-refractivity contribution in [2.75, 3.05) is 6.54 Å². The molecule has 1 aliphatic carbocycles. The van der Waals surface area contributed by atoms with E-state index in [9.17, 15) is 9.18 Å². The molecule has 1 aliphatic rings. The molecule has 98 valence electrons. The van der Waals surface area contributed by atoms with Crippen LogP contribution in [-0.4, -0.2) is 23.5 Å². The summed E-state index contributed by atoms with van der Waals surface area (Å²) in [6.07, 6.45) is 2.95. The van der Waals surface area contributed by atoms with E-state index in [1.807, 2.05) is 6.92 Å². The van der Waals surface area contributed by atoms with Gasteiger partial charge in [-0.15, -0.1) is 0 Å². The molecule has 1 aromatic rings. The number of carbonyl (C=O) groups is 1. The Balaban J connectivity index is 2.02. The summed E-state index contributed by atoms with van der Waals surface area (Å²) in [7, 11) is 0. The summed E-state index contributed by atoms with van der Waals surface area (Å²) >= 11 is 0. The van der Waals surface area contributed by atoms with Gasteiger partial charge in [-0.05, 0) is 25.3 Å². The lowest BCUT2D eigenvalue weighted by Gasteiger charge is -2.23. The zero-order valence-corrected chi connectivity index (χ0v) is 10.7. The van der Waals surface area contributed by atoms with Crippen molar-refractivity contribution in [3.8, 4) is 0 Å². The third-order valence-electron chi connectivity index (χ3n) is 3.07. The lowest BCUT2D eigenvalue weighted by atomic mass is 10.2. The molecule has 0 radical (unpaired) electrons. The van der Waals surface area contributed by atoms with Gasteiger partial charge in [0.15, 0.2) is 0 Å². The van der Waals surface area contributed by atoms with Crippen LogP contribution in [0.5, 0.6) is 0 Å². The third-order valence-corrected chi connectivity index (χ3v) is 3.07. The van der Waals surface area contributed by atoms with Crippen molar-refractivity contribution in [2.24, 2.45) is 0 Å². The van der Waals surface area contributed by atoms with Gasteiger partial charge in [-0.1, -0.05) is 25.1 Å². The molecular weight excluding hydrogens is 231 g/mol. The monoisotopic (exact) mass is 250 g/mol. The summed E-state index contributed by atoms with van der Waals surface area (Å²) < 4.78 is 13.6. The second-order valence-electron chi connectivity index (χ2n) is 4.68. The van der Waals surface area contributed by atoms with Crippen LogP contribution in [0.3, 0.4) is 0 Å². The zero-order valence-electron chi connectivity index (χ0n) is 10.7. The summed E-state index contributed by atoms with van der Waals surface area (Å²) in [5.74, 6) is -0.244. The van der Waals surface area contributed by atoms with Gasteiger partial charge >= 0.3 is 6.03 Å². The predicted octanol–water partition coefficient (Wildman–Crippen LogP) is 2.91. The average molecular weight is 250 g/mol. The molecule has 1 N–H and O–H groups in total. The Morgan fingerprint density at radius 3 is 2.78 bits per heavy atom. The molecule has 4 heteroatoms. The Labute approximate surface area is 107 Å². The Hall–Kier alpha value is -1.58. The molecular formula is C14H19FN2O. The van der Waals surface area contributed by atoms with Crippen molar-refractivity contribution in [2.45, 2.75) is 38.8 Å². The number of carbonyl (C=O) groups excluding carboxylic acids is 1. The molecule has 1 saturated carbocycles. The first-order valence-corrected chi connectivity index (χ1v) is 6.50. The van der Waals surface area contributed by atoms with Gasteiger partial charge in [-0.3, -0.25) is 0 Å². The van der Waals surface area contributed by atoms with Crippen molar-refractivity contribution in [1.82, 2.24) is 10.2 Å². The van der Waals surface area contributed by atoms with Crippen LogP contribution in [0.25, 0.3) is 0 Å². The van der Waals surface area contributed by atoms with Crippen molar-refractivity contribution in [3.63, 3.8) is 0 Å². The van der Waals surface area contributed by atoms with Gasteiger partial charge in [-0.2, -0.15) is 0 Å². The first kappa shape index (κ1) is 12.9. The van der Waals surface area contributed by atoms with E-state index in [2.05, 4.69) is 5.32 Å². The summed E-state index contributed by atoms with van der Waals surface area (Å²) in [6.45, 7) is 3.03. The highest BCUT2D eigenvalue weighted by Crippen LogP contribution is 2.28. The number of nitrogens with zero attached hydrogens (tertiary/aromatic N) is 1. The highest BCUT2D eigenvalue weighted by molar-refractivity contribution is 5.74. The van der Waals surface area contributed by atoms with Crippen molar-refractivity contribution in [1.29, 1.82) is 0 Å². The number of benzene rings is 1. The Bertz CT molecular complexity index is 418. The number of hydrogen-bond acceptors (Lipinski definition) is 1. The maximum Gasteiger partial charge on any atom is 0.317 e. The van der Waals surface area contributed by atoms with Crippen LogP contribution in [0.1, 0.15) is 31.7 Å². The first-order valence-electron chi connectivity index (χ1n) is 6.50. The fraction of sp³-hybridized carbons (Fsp3) is 0.500. The second kappa shape index (κ2) is 5.85. The van der Waals surface area contributed by atoms with E-state index in [0.717, 1.165) is 19.3 Å². The largest absolute Gasteiger partial charge is 0.338 e. The molecule has 0 saturated heterocycles. The number of urea groups is 1. The highest BCUT2D eigenvalue weighted by atomic mass is 19.1. The van der Waals surface area contributed by atoms with Crippen LogP contribution in [0, 0.1) is 5.82 Å². The van der Waals surface area contributed by atoms with E-state index in [0.29, 0.717) is 18.7 Å². The molecule has 2 amide bonds. The topological polar surface area (TPSA) is 32.3 Å². The molecule has 0 bridgehead atoms. The van der Waals surface area contributed by atoms with Gasteiger partial charge in [-0.25, -0.2) is 9.18 Å². The van der Waals surface area contributed by atoms with E-state index in [1.165, 1.54) is 6.07 Å². The summed E-state index contributed by atoms with van der Waals surface area (Å²) in [6, 6.07) is 6.83. The average Bonchev–Trinajstić information content (AvgIpc) is 3.19. The molecule has 0 aromatic heterocycles. The van der Waals surface area contributed by atoms with Crippen molar-refractivity contribution >= 4 is 6.03 Å². The minimum Gasteiger partial charge on any atom is -0.338 e. The minimum absolute atomic E-state index is 0.0809. The van der Waals surface area contributed by atoms with Crippen LogP contribution >= 0.6 is 0 Å². The normalized spacial score (nSPS) is 14.3. The molecule has 0 spiro atoms. The molecule has 2 rings (SSSR count). The summed E-state index contributed by atoms with van der Waals surface area (Å²) in [4.78, 5) is 13.7. The molecule has 18 heavy (non-hydrogen) atoms. The van der Waals surface area contributed by atoms with Crippen LogP contribution in [0.2, 0.25) is 0 Å². The smallest absolute Gasteiger partial charge is 0.317 e. The van der Waals surface area contributed by atoms with E-state index >= 15 is 0 Å². The fourth-order valence-corrected chi connectivity index (χ4v) is 1.90. The molecule has 0 unspecified atom stereocenters. The van der Waals surface area contributed by atoms with Crippen LogP contribution < -0.4 is 5.32 Å². The van der Waals surface area contributed by atoms with E-state index in [1.54, 1.807) is 23.1 Å². The molecule has 0 atom stereocenters. The Kier molecular flexibility index (Phi) is 4.18. The first-order chi connectivity index (χ1) is 8.72. The van der Waals surface area contributed by atoms with Gasteiger partial charge in [0.05, 0.1) is 6.54 Å². The predicted molar refractivity (Wildman–Crippen MR) is 68.7 cm³/mol. The summed E-state index contributed by atoms with van der Waals surface area (Å²) in [5, 5.41) is 2.86. The van der Waals surface area contributed by atoms with E-state index in [4.69, 9.17) is 0 Å². The maximum atomic E-state index is 13.6. The van der Waals surface area contributed by atoms with Crippen molar-refractivity contribution in [3.05, 3.63) is 35.6 Å². The Morgan fingerprint density at radius 1 is 1.44 bits per heavy atom. The highest BCUT2D eigenvalue weighted by Gasteiger charge is 2.32. The summed E-state index contributed by atoms with van der Waals surface area (Å²) in [5.41, 5.74) is 0.580. The van der Waals surface area contributed by atoms with Gasteiger partial charge < -0.3 is 10.2 Å². The lowest BCUT2D eigenvalue weighted by Crippen LogP contribution is -2.41. The third kappa shape index (κ3) is 3.22. The quantitative estimate of drug-likeness (QED) is 0.856. The van der Waals surface area contributed by atoms with Crippen LogP contribution in [0.15, 0.2) is 24.3 Å².